The number of fused-ring (bicyclic) bond motifs is 3. The van der Waals surface area contributed by atoms with Gasteiger partial charge in [0.15, 0.2) is 0 Å². The predicted octanol–water partition coefficient (Wildman–Crippen LogP) is 0.390. The second-order valence-corrected chi connectivity index (χ2v) is 3.02. The van der Waals surface area contributed by atoms with Crippen molar-refractivity contribution in [1.82, 2.24) is 0 Å². The van der Waals surface area contributed by atoms with Gasteiger partial charge in [-0.1, -0.05) is 23.6 Å². The minimum atomic E-state index is 0. The molecule has 62 valence electrons. The van der Waals surface area contributed by atoms with Crippen LogP contribution in [0.15, 0.2) is 46.9 Å². The van der Waals surface area contributed by atoms with Gasteiger partial charge in [-0.3, -0.25) is 0 Å². The summed E-state index contributed by atoms with van der Waals surface area (Å²) in [5.41, 5.74) is 1.87. The fraction of sp³-hybridized carbons (Fsp3) is 0. The molecule has 1 heterocycles. The Kier molecular flexibility index (Phi) is 2.37. The molecule has 0 fully saturated rings. The molecule has 0 radical (unpaired) electrons. The molecule has 2 heteroatoms. The molecular weight excluding hydrogens is 167 g/mol. The first-order valence-electron chi connectivity index (χ1n) is 4.22. The number of rotatable bonds is 0. The van der Waals surface area contributed by atoms with Crippen molar-refractivity contribution in [3.05, 3.63) is 48.5 Å². The van der Waals surface area contributed by atoms with E-state index >= 15 is 0 Å². The number of furan rings is 1. The Morgan fingerprint density at radius 2 is 1.71 bits per heavy atom. The number of benzene rings is 2. The van der Waals surface area contributed by atoms with E-state index < -0.39 is 0 Å². The van der Waals surface area contributed by atoms with Gasteiger partial charge in [0.1, 0.15) is 5.58 Å². The SMILES string of the molecule is [Li+].[c-]1ccc2oc3ccccc3c2c1. The summed E-state index contributed by atoms with van der Waals surface area (Å²) in [6, 6.07) is 16.9. The molecule has 0 amide bonds. The monoisotopic (exact) mass is 174 g/mol. The summed E-state index contributed by atoms with van der Waals surface area (Å²) < 4.78 is 5.63. The molecule has 0 saturated heterocycles. The van der Waals surface area contributed by atoms with Crippen molar-refractivity contribution < 1.29 is 23.3 Å². The fourth-order valence-corrected chi connectivity index (χ4v) is 1.61. The zero-order valence-electron chi connectivity index (χ0n) is 7.95. The van der Waals surface area contributed by atoms with Crippen LogP contribution in [0.5, 0.6) is 0 Å². The number of hydrogen-bond acceptors (Lipinski definition) is 1. The van der Waals surface area contributed by atoms with Crippen LogP contribution in [0.2, 0.25) is 0 Å². The van der Waals surface area contributed by atoms with Crippen molar-refractivity contribution >= 4 is 21.9 Å². The van der Waals surface area contributed by atoms with Gasteiger partial charge >= 0.3 is 18.9 Å². The molecular formula is C12H7LiO. The van der Waals surface area contributed by atoms with E-state index in [4.69, 9.17) is 4.42 Å². The molecule has 1 aromatic heterocycles. The average molecular weight is 174 g/mol. The van der Waals surface area contributed by atoms with Crippen LogP contribution < -0.4 is 18.9 Å². The third-order valence-corrected chi connectivity index (χ3v) is 2.22. The van der Waals surface area contributed by atoms with E-state index in [1.807, 2.05) is 36.4 Å². The maximum absolute atomic E-state index is 5.63. The standard InChI is InChI=1S/C12H7O.Li/c1-3-7-11-9(5-1)10-6-2-4-8-12(10)13-11;/h1,3-8H;/q-1;+1. The van der Waals surface area contributed by atoms with Gasteiger partial charge in [0.05, 0.1) is 0 Å². The number of para-hydroxylation sites is 1. The maximum Gasteiger partial charge on any atom is 1.00 e. The van der Waals surface area contributed by atoms with Crippen LogP contribution in [-0.4, -0.2) is 0 Å². The molecule has 0 unspecified atom stereocenters. The zero-order valence-corrected chi connectivity index (χ0v) is 7.95. The van der Waals surface area contributed by atoms with Gasteiger partial charge in [0, 0.05) is 5.58 Å². The van der Waals surface area contributed by atoms with Gasteiger partial charge in [-0.05, 0) is 11.5 Å². The topological polar surface area (TPSA) is 13.1 Å². The Labute approximate surface area is 93.9 Å². The molecule has 0 bridgehead atoms. The Bertz CT molecular complexity index is 518. The average Bonchev–Trinajstić information content (AvgIpc) is 2.56. The smallest absolute Gasteiger partial charge is 0.483 e. The van der Waals surface area contributed by atoms with Crippen LogP contribution >= 0.6 is 0 Å². The minimum Gasteiger partial charge on any atom is -0.483 e. The van der Waals surface area contributed by atoms with E-state index in [2.05, 4.69) is 12.1 Å². The van der Waals surface area contributed by atoms with Crippen molar-refractivity contribution in [2.24, 2.45) is 0 Å². The second-order valence-electron chi connectivity index (χ2n) is 3.02. The van der Waals surface area contributed by atoms with Crippen LogP contribution in [0.1, 0.15) is 0 Å². The van der Waals surface area contributed by atoms with Gasteiger partial charge in [-0.15, -0.1) is 6.07 Å². The molecule has 3 rings (SSSR count). The molecule has 0 aliphatic rings. The molecule has 1 nitrogen and oxygen atoms in total. The van der Waals surface area contributed by atoms with Gasteiger partial charge in [0.25, 0.3) is 0 Å². The van der Waals surface area contributed by atoms with E-state index in [1.54, 1.807) is 0 Å². The Balaban J connectivity index is 0.000000750. The quantitative estimate of drug-likeness (QED) is 0.355. The third-order valence-electron chi connectivity index (χ3n) is 2.22. The maximum atomic E-state index is 5.63. The van der Waals surface area contributed by atoms with Crippen LogP contribution in [0.3, 0.4) is 0 Å². The summed E-state index contributed by atoms with van der Waals surface area (Å²) in [6.07, 6.45) is 0. The number of hydrogen-bond donors (Lipinski definition) is 0. The molecule has 14 heavy (non-hydrogen) atoms. The second kappa shape index (κ2) is 3.53. The first kappa shape index (κ1) is 9.39. The summed E-state index contributed by atoms with van der Waals surface area (Å²) >= 11 is 0. The normalized spacial score (nSPS) is 10.3. The summed E-state index contributed by atoms with van der Waals surface area (Å²) in [5, 5.41) is 2.30. The Morgan fingerprint density at radius 3 is 2.64 bits per heavy atom. The Hall–Kier alpha value is -1.16. The summed E-state index contributed by atoms with van der Waals surface area (Å²) in [6.45, 7) is 0. The van der Waals surface area contributed by atoms with Crippen LogP contribution in [0, 0.1) is 6.07 Å². The Morgan fingerprint density at radius 1 is 0.929 bits per heavy atom. The van der Waals surface area contributed by atoms with Gasteiger partial charge in [0.2, 0.25) is 0 Å². The molecule has 0 aliphatic carbocycles. The summed E-state index contributed by atoms with van der Waals surface area (Å²) in [5.74, 6) is 0. The largest absolute Gasteiger partial charge is 1.00 e. The van der Waals surface area contributed by atoms with Gasteiger partial charge < -0.3 is 4.42 Å². The van der Waals surface area contributed by atoms with E-state index in [1.165, 1.54) is 0 Å². The van der Waals surface area contributed by atoms with E-state index in [-0.39, 0.29) is 18.9 Å². The van der Waals surface area contributed by atoms with Crippen molar-refractivity contribution in [3.8, 4) is 0 Å². The van der Waals surface area contributed by atoms with Crippen LogP contribution in [-0.2, 0) is 0 Å². The molecule has 0 N–H and O–H groups in total. The first-order chi connectivity index (χ1) is 6.45. The molecule has 3 aromatic rings. The van der Waals surface area contributed by atoms with E-state index in [9.17, 15) is 0 Å². The first-order valence-corrected chi connectivity index (χ1v) is 4.22. The van der Waals surface area contributed by atoms with E-state index in [0.29, 0.717) is 0 Å². The summed E-state index contributed by atoms with van der Waals surface area (Å²) in [4.78, 5) is 0. The van der Waals surface area contributed by atoms with Crippen molar-refractivity contribution in [2.75, 3.05) is 0 Å². The minimum absolute atomic E-state index is 0. The third kappa shape index (κ3) is 1.26. The van der Waals surface area contributed by atoms with Crippen molar-refractivity contribution in [3.63, 3.8) is 0 Å². The molecule has 0 atom stereocenters. The van der Waals surface area contributed by atoms with Gasteiger partial charge in [-0.2, -0.15) is 18.2 Å². The van der Waals surface area contributed by atoms with Crippen LogP contribution in [0.4, 0.5) is 0 Å². The molecule has 2 aromatic carbocycles. The molecule has 0 saturated carbocycles. The van der Waals surface area contributed by atoms with Gasteiger partial charge in [-0.25, -0.2) is 0 Å². The van der Waals surface area contributed by atoms with E-state index in [0.717, 1.165) is 21.9 Å². The molecule has 0 spiro atoms. The molecule has 0 aliphatic heterocycles. The van der Waals surface area contributed by atoms with Crippen molar-refractivity contribution in [2.45, 2.75) is 0 Å². The zero-order chi connectivity index (χ0) is 8.67. The fourth-order valence-electron chi connectivity index (χ4n) is 1.61. The van der Waals surface area contributed by atoms with Crippen LogP contribution in [0.25, 0.3) is 21.9 Å². The van der Waals surface area contributed by atoms with Crippen molar-refractivity contribution in [1.29, 1.82) is 0 Å². The predicted molar refractivity (Wildman–Crippen MR) is 52.6 cm³/mol. The summed E-state index contributed by atoms with van der Waals surface area (Å²) in [7, 11) is 0.